The number of nitriles is 1. The smallest absolute Gasteiger partial charge is 0.0981 e. The zero-order chi connectivity index (χ0) is 9.10. The minimum atomic E-state index is 0.127. The Hall–Kier alpha value is -0.920. The van der Waals surface area contributed by atoms with E-state index < -0.39 is 0 Å². The molecule has 0 aromatic carbocycles. The molecular weight excluding hydrogens is 182 g/mol. The Morgan fingerprint density at radius 1 is 1.77 bits per heavy atom. The Morgan fingerprint density at radius 3 is 3.38 bits per heavy atom. The van der Waals surface area contributed by atoms with Gasteiger partial charge in [0.25, 0.3) is 0 Å². The minimum absolute atomic E-state index is 0.127. The molecule has 68 valence electrons. The van der Waals surface area contributed by atoms with Crippen LogP contribution in [0.5, 0.6) is 0 Å². The lowest BCUT2D eigenvalue weighted by Crippen LogP contribution is -2.26. The standard InChI is InChI=1S/C9H11N3S/c10-4-8-2-1-3-12(8)6-9-5-11-7-13-9/h5,7-8H,1-3,6H2. The van der Waals surface area contributed by atoms with Crippen LogP contribution < -0.4 is 0 Å². The predicted octanol–water partition coefficient (Wildman–Crippen LogP) is 1.63. The van der Waals surface area contributed by atoms with Gasteiger partial charge in [0.2, 0.25) is 0 Å². The highest BCUT2D eigenvalue weighted by molar-refractivity contribution is 7.09. The molecule has 1 aliphatic heterocycles. The topological polar surface area (TPSA) is 39.9 Å². The van der Waals surface area contributed by atoms with Crippen molar-refractivity contribution in [3.8, 4) is 6.07 Å². The lowest BCUT2D eigenvalue weighted by molar-refractivity contribution is 0.289. The van der Waals surface area contributed by atoms with Crippen molar-refractivity contribution in [2.75, 3.05) is 6.54 Å². The van der Waals surface area contributed by atoms with E-state index in [1.807, 2.05) is 11.7 Å². The van der Waals surface area contributed by atoms with E-state index in [-0.39, 0.29) is 6.04 Å². The number of hydrogen-bond acceptors (Lipinski definition) is 4. The third kappa shape index (κ3) is 1.87. The monoisotopic (exact) mass is 193 g/mol. The van der Waals surface area contributed by atoms with Gasteiger partial charge in [0.05, 0.1) is 17.6 Å². The highest BCUT2D eigenvalue weighted by Crippen LogP contribution is 2.20. The van der Waals surface area contributed by atoms with E-state index in [0.717, 1.165) is 25.9 Å². The molecular formula is C9H11N3S. The molecule has 0 N–H and O–H groups in total. The average Bonchev–Trinajstić information content (AvgIpc) is 2.76. The van der Waals surface area contributed by atoms with Crippen LogP contribution in [0.3, 0.4) is 0 Å². The molecule has 0 aliphatic carbocycles. The molecule has 4 heteroatoms. The summed E-state index contributed by atoms with van der Waals surface area (Å²) in [5.74, 6) is 0. The number of hydrogen-bond donors (Lipinski definition) is 0. The van der Waals surface area contributed by atoms with Crippen LogP contribution in [-0.4, -0.2) is 22.5 Å². The van der Waals surface area contributed by atoms with Gasteiger partial charge in [0, 0.05) is 17.6 Å². The fourth-order valence-electron chi connectivity index (χ4n) is 1.68. The first-order valence-electron chi connectivity index (χ1n) is 4.41. The van der Waals surface area contributed by atoms with Crippen LogP contribution in [0.4, 0.5) is 0 Å². The van der Waals surface area contributed by atoms with Crippen molar-refractivity contribution in [2.24, 2.45) is 0 Å². The third-order valence-corrected chi connectivity index (χ3v) is 3.12. The van der Waals surface area contributed by atoms with Crippen molar-refractivity contribution in [1.29, 1.82) is 5.26 Å². The Bertz CT molecular complexity index is 301. The summed E-state index contributed by atoms with van der Waals surface area (Å²) in [6.07, 6.45) is 4.06. The molecule has 0 bridgehead atoms. The highest BCUT2D eigenvalue weighted by atomic mass is 32.1. The van der Waals surface area contributed by atoms with Gasteiger partial charge in [0.15, 0.2) is 0 Å². The van der Waals surface area contributed by atoms with E-state index in [2.05, 4.69) is 16.0 Å². The highest BCUT2D eigenvalue weighted by Gasteiger charge is 2.23. The second-order valence-electron chi connectivity index (χ2n) is 3.23. The molecule has 2 heterocycles. The second kappa shape index (κ2) is 3.86. The molecule has 13 heavy (non-hydrogen) atoms. The van der Waals surface area contributed by atoms with Gasteiger partial charge in [-0.2, -0.15) is 5.26 Å². The molecule has 0 saturated carbocycles. The van der Waals surface area contributed by atoms with E-state index in [1.54, 1.807) is 11.3 Å². The number of thiazole rings is 1. The van der Waals surface area contributed by atoms with Gasteiger partial charge in [-0.1, -0.05) is 0 Å². The average molecular weight is 193 g/mol. The molecule has 1 unspecified atom stereocenters. The van der Waals surface area contributed by atoms with Gasteiger partial charge in [-0.3, -0.25) is 9.88 Å². The maximum Gasteiger partial charge on any atom is 0.0981 e. The van der Waals surface area contributed by atoms with Crippen LogP contribution in [0.1, 0.15) is 17.7 Å². The normalized spacial score (nSPS) is 23.2. The predicted molar refractivity (Wildman–Crippen MR) is 51.2 cm³/mol. The number of nitrogens with zero attached hydrogens (tertiary/aromatic N) is 3. The van der Waals surface area contributed by atoms with Crippen molar-refractivity contribution < 1.29 is 0 Å². The Balaban J connectivity index is 1.99. The summed E-state index contributed by atoms with van der Waals surface area (Å²) in [7, 11) is 0. The summed E-state index contributed by atoms with van der Waals surface area (Å²) in [5.41, 5.74) is 1.84. The molecule has 1 fully saturated rings. The molecule has 0 radical (unpaired) electrons. The van der Waals surface area contributed by atoms with E-state index in [1.165, 1.54) is 4.88 Å². The Morgan fingerprint density at radius 2 is 2.69 bits per heavy atom. The number of aromatic nitrogens is 1. The zero-order valence-corrected chi connectivity index (χ0v) is 8.13. The molecule has 1 aromatic heterocycles. The largest absolute Gasteiger partial charge is 0.283 e. The van der Waals surface area contributed by atoms with Crippen molar-refractivity contribution in [2.45, 2.75) is 25.4 Å². The molecule has 1 aromatic rings. The maximum atomic E-state index is 8.86. The first-order valence-corrected chi connectivity index (χ1v) is 5.29. The number of rotatable bonds is 2. The SMILES string of the molecule is N#CC1CCCN1Cc1cncs1. The fraction of sp³-hybridized carbons (Fsp3) is 0.556. The molecule has 1 aliphatic rings. The second-order valence-corrected chi connectivity index (χ2v) is 4.20. The van der Waals surface area contributed by atoms with Gasteiger partial charge in [-0.15, -0.1) is 11.3 Å². The summed E-state index contributed by atoms with van der Waals surface area (Å²) in [6, 6.07) is 2.46. The lowest BCUT2D eigenvalue weighted by Gasteiger charge is -2.17. The molecule has 3 nitrogen and oxygen atoms in total. The molecule has 1 atom stereocenters. The van der Waals surface area contributed by atoms with Crippen LogP contribution in [0.15, 0.2) is 11.7 Å². The lowest BCUT2D eigenvalue weighted by atomic mass is 10.2. The van der Waals surface area contributed by atoms with Crippen LogP contribution in [-0.2, 0) is 6.54 Å². The summed E-state index contributed by atoms with van der Waals surface area (Å²) in [4.78, 5) is 7.51. The van der Waals surface area contributed by atoms with E-state index in [0.29, 0.717) is 0 Å². The fourth-order valence-corrected chi connectivity index (χ4v) is 2.30. The van der Waals surface area contributed by atoms with Gasteiger partial charge in [-0.25, -0.2) is 0 Å². The summed E-state index contributed by atoms with van der Waals surface area (Å²) in [6.45, 7) is 1.94. The van der Waals surface area contributed by atoms with Crippen LogP contribution in [0.2, 0.25) is 0 Å². The quantitative estimate of drug-likeness (QED) is 0.716. The first kappa shape index (κ1) is 8.67. The van der Waals surface area contributed by atoms with Crippen molar-refractivity contribution in [3.05, 3.63) is 16.6 Å². The first-order chi connectivity index (χ1) is 6.40. The van der Waals surface area contributed by atoms with E-state index in [9.17, 15) is 0 Å². The molecule has 0 spiro atoms. The number of likely N-dealkylation sites (tertiary alicyclic amines) is 1. The van der Waals surface area contributed by atoms with Crippen LogP contribution in [0, 0.1) is 11.3 Å². The van der Waals surface area contributed by atoms with Crippen molar-refractivity contribution in [1.82, 2.24) is 9.88 Å². The zero-order valence-electron chi connectivity index (χ0n) is 7.31. The van der Waals surface area contributed by atoms with Gasteiger partial charge >= 0.3 is 0 Å². The van der Waals surface area contributed by atoms with E-state index >= 15 is 0 Å². The van der Waals surface area contributed by atoms with Crippen LogP contribution in [0.25, 0.3) is 0 Å². The summed E-state index contributed by atoms with van der Waals surface area (Å²) < 4.78 is 0. The maximum absolute atomic E-state index is 8.86. The van der Waals surface area contributed by atoms with Gasteiger partial charge in [0.1, 0.15) is 0 Å². The van der Waals surface area contributed by atoms with Crippen LogP contribution >= 0.6 is 11.3 Å². The molecule has 1 saturated heterocycles. The Labute approximate surface area is 81.6 Å². The summed E-state index contributed by atoms with van der Waals surface area (Å²) in [5, 5.41) is 8.86. The van der Waals surface area contributed by atoms with Crippen molar-refractivity contribution >= 4 is 11.3 Å². The molecule has 0 amide bonds. The van der Waals surface area contributed by atoms with E-state index in [4.69, 9.17) is 5.26 Å². The summed E-state index contributed by atoms with van der Waals surface area (Å²) >= 11 is 1.66. The molecule has 2 rings (SSSR count). The van der Waals surface area contributed by atoms with Crippen molar-refractivity contribution in [3.63, 3.8) is 0 Å². The Kier molecular flexibility index (Phi) is 2.57. The van der Waals surface area contributed by atoms with Gasteiger partial charge < -0.3 is 0 Å². The van der Waals surface area contributed by atoms with Gasteiger partial charge in [-0.05, 0) is 19.4 Å². The minimum Gasteiger partial charge on any atom is -0.283 e. The third-order valence-electron chi connectivity index (χ3n) is 2.36.